The van der Waals surface area contributed by atoms with Crippen molar-refractivity contribution in [1.82, 2.24) is 15.2 Å². The smallest absolute Gasteiger partial charge is 0.267 e. The van der Waals surface area contributed by atoms with Crippen LogP contribution in [0, 0.1) is 6.92 Å². The van der Waals surface area contributed by atoms with Crippen LogP contribution in [0.4, 0.5) is 0 Å². The molecule has 0 aliphatic carbocycles. The van der Waals surface area contributed by atoms with Gasteiger partial charge in [0.05, 0.1) is 7.11 Å². The number of rotatable bonds is 4. The molecule has 1 aliphatic heterocycles. The van der Waals surface area contributed by atoms with Crippen LogP contribution in [0.5, 0.6) is 5.75 Å². The zero-order valence-corrected chi connectivity index (χ0v) is 15.3. The molecule has 6 heteroatoms. The summed E-state index contributed by atoms with van der Waals surface area (Å²) in [6, 6.07) is 7.88. The quantitative estimate of drug-likeness (QED) is 0.883. The largest absolute Gasteiger partial charge is 0.497 e. The molecule has 0 bridgehead atoms. The molecule has 0 saturated carbocycles. The van der Waals surface area contributed by atoms with Gasteiger partial charge in [-0.05, 0) is 36.6 Å². The van der Waals surface area contributed by atoms with E-state index < -0.39 is 0 Å². The van der Waals surface area contributed by atoms with Gasteiger partial charge in [0.2, 0.25) is 0 Å². The van der Waals surface area contributed by atoms with Crippen molar-refractivity contribution in [3.05, 3.63) is 69.1 Å². The van der Waals surface area contributed by atoms with E-state index in [4.69, 9.17) is 4.74 Å². The van der Waals surface area contributed by atoms with E-state index in [0.29, 0.717) is 24.2 Å². The molecule has 3 rings (SSSR count). The number of carbonyl (C=O) groups is 1. The van der Waals surface area contributed by atoms with Crippen LogP contribution < -0.4 is 15.6 Å². The topological polar surface area (TPSA) is 74.4 Å². The summed E-state index contributed by atoms with van der Waals surface area (Å²) >= 11 is 0. The van der Waals surface area contributed by atoms with Gasteiger partial charge in [0.1, 0.15) is 11.4 Å². The van der Waals surface area contributed by atoms with Crippen LogP contribution in [0.2, 0.25) is 0 Å². The highest BCUT2D eigenvalue weighted by atomic mass is 16.5. The Morgan fingerprint density at radius 1 is 1.35 bits per heavy atom. The third-order valence-electron chi connectivity index (χ3n) is 4.85. The number of benzene rings is 1. The Hall–Kier alpha value is -3.02. The van der Waals surface area contributed by atoms with Gasteiger partial charge in [-0.25, -0.2) is 0 Å². The van der Waals surface area contributed by atoms with Gasteiger partial charge in [-0.15, -0.1) is 0 Å². The second-order valence-corrected chi connectivity index (χ2v) is 6.35. The molecule has 1 aromatic carbocycles. The van der Waals surface area contributed by atoms with Crippen LogP contribution in [0.3, 0.4) is 0 Å². The summed E-state index contributed by atoms with van der Waals surface area (Å²) in [5.41, 5.74) is 4.22. The second kappa shape index (κ2) is 7.07. The maximum absolute atomic E-state index is 12.3. The van der Waals surface area contributed by atoms with Crippen LogP contribution in [0.25, 0.3) is 5.70 Å². The van der Waals surface area contributed by atoms with Crippen LogP contribution in [-0.4, -0.2) is 36.5 Å². The van der Waals surface area contributed by atoms with Crippen molar-refractivity contribution in [3.8, 4) is 5.75 Å². The second-order valence-electron chi connectivity index (χ2n) is 6.35. The number of nitrogens with one attached hydrogen (secondary N) is 2. The first kappa shape index (κ1) is 17.8. The molecule has 136 valence electrons. The van der Waals surface area contributed by atoms with Gasteiger partial charge in [-0.2, -0.15) is 0 Å². The highest BCUT2D eigenvalue weighted by molar-refractivity contribution is 5.95. The van der Waals surface area contributed by atoms with Crippen molar-refractivity contribution in [3.63, 3.8) is 0 Å². The van der Waals surface area contributed by atoms with Gasteiger partial charge in [0, 0.05) is 37.0 Å². The summed E-state index contributed by atoms with van der Waals surface area (Å²) in [6.45, 7) is 7.40. The van der Waals surface area contributed by atoms with Crippen LogP contribution in [0.15, 0.2) is 35.6 Å². The van der Waals surface area contributed by atoms with Gasteiger partial charge >= 0.3 is 0 Å². The number of hydrogen-bond acceptors (Lipinski definition) is 4. The maximum Gasteiger partial charge on any atom is 0.267 e. The van der Waals surface area contributed by atoms with Crippen molar-refractivity contribution in [2.24, 2.45) is 0 Å². The summed E-state index contributed by atoms with van der Waals surface area (Å²) in [5.74, 6) is 0.531. The van der Waals surface area contributed by atoms with Crippen molar-refractivity contribution in [2.75, 3.05) is 20.7 Å². The molecule has 1 amide bonds. The minimum atomic E-state index is -0.283. The number of amides is 1. The SMILES string of the molecule is C=C1c2c(c(C(=O)NC)[nH]c(=O)c2C)CCN1Cc1ccc(OC)cc1. The molecule has 26 heavy (non-hydrogen) atoms. The fourth-order valence-electron chi connectivity index (χ4n) is 3.37. The van der Waals surface area contributed by atoms with Crippen LogP contribution in [-0.2, 0) is 13.0 Å². The summed E-state index contributed by atoms with van der Waals surface area (Å²) in [7, 11) is 3.20. The number of H-pyrrole nitrogens is 1. The average molecular weight is 353 g/mol. The first-order valence-corrected chi connectivity index (χ1v) is 8.51. The van der Waals surface area contributed by atoms with E-state index in [0.717, 1.165) is 34.7 Å². The summed E-state index contributed by atoms with van der Waals surface area (Å²) in [5, 5.41) is 2.59. The molecular formula is C20H23N3O3. The summed E-state index contributed by atoms with van der Waals surface area (Å²) in [6.07, 6.45) is 0.672. The minimum absolute atomic E-state index is 0.255. The van der Waals surface area contributed by atoms with Gasteiger partial charge < -0.3 is 19.9 Å². The van der Waals surface area contributed by atoms with Gasteiger partial charge in [-0.3, -0.25) is 9.59 Å². The van der Waals surface area contributed by atoms with Crippen molar-refractivity contribution < 1.29 is 9.53 Å². The fraction of sp³-hybridized carbons (Fsp3) is 0.300. The summed E-state index contributed by atoms with van der Waals surface area (Å²) < 4.78 is 5.19. The number of carbonyl (C=O) groups excluding carboxylic acids is 1. The molecule has 1 aromatic heterocycles. The zero-order valence-electron chi connectivity index (χ0n) is 15.3. The Kier molecular flexibility index (Phi) is 4.84. The van der Waals surface area contributed by atoms with E-state index in [1.165, 1.54) is 0 Å². The lowest BCUT2D eigenvalue weighted by Crippen LogP contribution is -2.35. The highest BCUT2D eigenvalue weighted by Gasteiger charge is 2.27. The van der Waals surface area contributed by atoms with Gasteiger partial charge in [0.25, 0.3) is 11.5 Å². The maximum atomic E-state index is 12.3. The van der Waals surface area contributed by atoms with Crippen molar-refractivity contribution in [1.29, 1.82) is 0 Å². The highest BCUT2D eigenvalue weighted by Crippen LogP contribution is 2.31. The number of hydrogen-bond donors (Lipinski definition) is 2. The standard InChI is InChI=1S/C20H23N3O3/c1-12-17-13(2)23(11-14-5-7-15(26-4)8-6-14)10-9-16(17)18(20(25)21-3)22-19(12)24/h5-8H,2,9-11H2,1,3-4H3,(H,21,25)(H,22,24). The lowest BCUT2D eigenvalue weighted by atomic mass is 9.92. The van der Waals surface area contributed by atoms with E-state index >= 15 is 0 Å². The Morgan fingerprint density at radius 3 is 2.65 bits per heavy atom. The van der Waals surface area contributed by atoms with E-state index in [-0.39, 0.29) is 11.5 Å². The molecule has 0 saturated heterocycles. The molecule has 0 spiro atoms. The number of pyridine rings is 1. The molecule has 6 nitrogen and oxygen atoms in total. The third-order valence-corrected chi connectivity index (χ3v) is 4.85. The Morgan fingerprint density at radius 2 is 2.04 bits per heavy atom. The molecule has 2 aromatic rings. The number of aromatic nitrogens is 1. The predicted molar refractivity (Wildman–Crippen MR) is 101 cm³/mol. The number of ether oxygens (including phenoxy) is 1. The minimum Gasteiger partial charge on any atom is -0.497 e. The fourth-order valence-corrected chi connectivity index (χ4v) is 3.37. The molecule has 0 fully saturated rings. The number of fused-ring (bicyclic) bond motifs is 1. The van der Waals surface area contributed by atoms with E-state index in [9.17, 15) is 9.59 Å². The molecule has 2 heterocycles. The van der Waals surface area contributed by atoms with Crippen LogP contribution in [0.1, 0.15) is 32.7 Å². The Labute approximate surface area is 152 Å². The molecule has 0 unspecified atom stereocenters. The van der Waals surface area contributed by atoms with E-state index in [1.54, 1.807) is 21.1 Å². The lowest BCUT2D eigenvalue weighted by molar-refractivity contribution is 0.0956. The molecule has 0 radical (unpaired) electrons. The van der Waals surface area contributed by atoms with Crippen LogP contribution >= 0.6 is 0 Å². The van der Waals surface area contributed by atoms with Crippen molar-refractivity contribution >= 4 is 11.6 Å². The summed E-state index contributed by atoms with van der Waals surface area (Å²) in [4.78, 5) is 29.3. The third kappa shape index (κ3) is 3.10. The first-order chi connectivity index (χ1) is 12.5. The normalized spacial score (nSPS) is 13.3. The number of methoxy groups -OCH3 is 1. The monoisotopic (exact) mass is 353 g/mol. The lowest BCUT2D eigenvalue weighted by Gasteiger charge is -2.34. The van der Waals surface area contributed by atoms with Gasteiger partial charge in [0.15, 0.2) is 0 Å². The molecule has 1 aliphatic rings. The Bertz CT molecular complexity index is 913. The molecule has 0 atom stereocenters. The first-order valence-electron chi connectivity index (χ1n) is 8.51. The number of aromatic amines is 1. The van der Waals surface area contributed by atoms with E-state index in [1.807, 2.05) is 24.3 Å². The number of nitrogens with zero attached hydrogens (tertiary/aromatic N) is 1. The van der Waals surface area contributed by atoms with E-state index in [2.05, 4.69) is 21.8 Å². The zero-order chi connectivity index (χ0) is 18.8. The molecular weight excluding hydrogens is 330 g/mol. The molecule has 2 N–H and O–H groups in total. The average Bonchev–Trinajstić information content (AvgIpc) is 2.66. The Balaban J connectivity index is 1.95. The predicted octanol–water partition coefficient (Wildman–Crippen LogP) is 2.08. The van der Waals surface area contributed by atoms with Gasteiger partial charge in [-0.1, -0.05) is 18.7 Å². The van der Waals surface area contributed by atoms with Crippen molar-refractivity contribution in [2.45, 2.75) is 19.9 Å².